The topological polar surface area (TPSA) is 65.7 Å². The number of rotatable bonds is 5. The fourth-order valence-corrected chi connectivity index (χ4v) is 3.42. The Morgan fingerprint density at radius 1 is 1.00 bits per heavy atom. The van der Waals surface area contributed by atoms with Crippen molar-refractivity contribution in [3.05, 3.63) is 93.6 Å². The number of hydrogen-bond donors (Lipinski definition) is 0. The maximum absolute atomic E-state index is 13.4. The molecule has 0 bridgehead atoms. The molecule has 3 aromatic carbocycles. The van der Waals surface area contributed by atoms with Gasteiger partial charge >= 0.3 is 5.97 Å². The Labute approximate surface area is 179 Å². The molecule has 0 radical (unpaired) electrons. The zero-order chi connectivity index (χ0) is 22.0. The monoisotopic (exact) mass is 414 g/mol. The van der Waals surface area contributed by atoms with Crippen molar-refractivity contribution in [1.82, 2.24) is 0 Å². The lowest BCUT2D eigenvalue weighted by Gasteiger charge is -2.12. The minimum absolute atomic E-state index is 0.126. The molecule has 4 rings (SSSR count). The van der Waals surface area contributed by atoms with Crippen LogP contribution in [0.25, 0.3) is 22.3 Å². The average molecular weight is 414 g/mol. The number of ether oxygens (including phenoxy) is 2. The molecule has 0 atom stereocenters. The average Bonchev–Trinajstić information content (AvgIpc) is 2.80. The number of benzene rings is 3. The van der Waals surface area contributed by atoms with E-state index in [1.807, 2.05) is 32.0 Å². The van der Waals surface area contributed by atoms with Gasteiger partial charge in [-0.2, -0.15) is 0 Å². The van der Waals surface area contributed by atoms with Crippen molar-refractivity contribution in [2.75, 3.05) is 7.11 Å². The Balaban J connectivity index is 1.91. The quantitative estimate of drug-likeness (QED) is 0.400. The van der Waals surface area contributed by atoms with E-state index < -0.39 is 5.97 Å². The van der Waals surface area contributed by atoms with E-state index in [4.69, 9.17) is 13.9 Å². The van der Waals surface area contributed by atoms with Gasteiger partial charge in [0.1, 0.15) is 11.3 Å². The minimum Gasteiger partial charge on any atom is -0.497 e. The Morgan fingerprint density at radius 3 is 2.42 bits per heavy atom. The lowest BCUT2D eigenvalue weighted by Crippen LogP contribution is -2.17. The normalized spacial score (nSPS) is 10.8. The van der Waals surface area contributed by atoms with Gasteiger partial charge in [0.25, 0.3) is 0 Å². The van der Waals surface area contributed by atoms with Gasteiger partial charge in [-0.1, -0.05) is 31.2 Å². The lowest BCUT2D eigenvalue weighted by atomic mass is 10.1. The van der Waals surface area contributed by atoms with Crippen LogP contribution in [-0.2, 0) is 6.42 Å². The van der Waals surface area contributed by atoms with Crippen molar-refractivity contribution in [2.24, 2.45) is 0 Å². The second-order valence-corrected chi connectivity index (χ2v) is 7.21. The molecular weight excluding hydrogens is 392 g/mol. The molecule has 0 saturated carbocycles. The first-order valence-corrected chi connectivity index (χ1v) is 10.0. The molecule has 5 nitrogen and oxygen atoms in total. The number of hydrogen-bond acceptors (Lipinski definition) is 5. The van der Waals surface area contributed by atoms with Crippen LogP contribution in [0.15, 0.2) is 75.9 Å². The molecule has 1 heterocycles. The van der Waals surface area contributed by atoms with Crippen molar-refractivity contribution in [1.29, 1.82) is 0 Å². The van der Waals surface area contributed by atoms with Crippen molar-refractivity contribution in [3.63, 3.8) is 0 Å². The predicted molar refractivity (Wildman–Crippen MR) is 120 cm³/mol. The number of esters is 1. The van der Waals surface area contributed by atoms with Crippen molar-refractivity contribution in [2.45, 2.75) is 20.3 Å². The number of carbonyl (C=O) groups excluding carboxylic acids is 1. The van der Waals surface area contributed by atoms with E-state index in [9.17, 15) is 9.59 Å². The highest BCUT2D eigenvalue weighted by molar-refractivity contribution is 5.94. The van der Waals surface area contributed by atoms with E-state index in [-0.39, 0.29) is 16.9 Å². The lowest BCUT2D eigenvalue weighted by molar-refractivity contribution is 0.0730. The van der Waals surface area contributed by atoms with Crippen LogP contribution < -0.4 is 14.9 Å². The standard InChI is InChI=1S/C26H22O5/c1-4-17-9-14-22-21(15-17)23(27)25(31-26(28)20-8-6-5-7-16(20)2)24(30-22)18-10-12-19(29-3)13-11-18/h5-15H,4H2,1-3H3. The number of fused-ring (bicyclic) bond motifs is 1. The second kappa shape index (κ2) is 8.48. The molecule has 31 heavy (non-hydrogen) atoms. The molecule has 0 aliphatic rings. The Bertz CT molecular complexity index is 1320. The van der Waals surface area contributed by atoms with Crippen LogP contribution in [-0.4, -0.2) is 13.1 Å². The van der Waals surface area contributed by atoms with Gasteiger partial charge in [-0.3, -0.25) is 4.79 Å². The molecule has 1 aromatic heterocycles. The first-order chi connectivity index (χ1) is 15.0. The van der Waals surface area contributed by atoms with E-state index in [1.54, 1.807) is 55.6 Å². The SMILES string of the molecule is CCc1ccc2oc(-c3ccc(OC)cc3)c(OC(=O)c3ccccc3C)c(=O)c2c1. The van der Waals surface area contributed by atoms with E-state index in [0.29, 0.717) is 27.8 Å². The van der Waals surface area contributed by atoms with Crippen LogP contribution in [0.1, 0.15) is 28.4 Å². The summed E-state index contributed by atoms with van der Waals surface area (Å²) in [7, 11) is 1.58. The van der Waals surface area contributed by atoms with Crippen LogP contribution in [0.3, 0.4) is 0 Å². The van der Waals surface area contributed by atoms with Crippen LogP contribution in [0.5, 0.6) is 11.5 Å². The number of aryl methyl sites for hydroxylation is 2. The fraction of sp³-hybridized carbons (Fsp3) is 0.154. The molecule has 4 aromatic rings. The summed E-state index contributed by atoms with van der Waals surface area (Å²) in [5.41, 5.74) is 2.80. The van der Waals surface area contributed by atoms with Gasteiger partial charge in [0, 0.05) is 5.56 Å². The van der Waals surface area contributed by atoms with E-state index in [0.717, 1.165) is 17.5 Å². The van der Waals surface area contributed by atoms with Gasteiger partial charge < -0.3 is 13.9 Å². The van der Waals surface area contributed by atoms with Gasteiger partial charge in [0.2, 0.25) is 11.2 Å². The molecule has 0 aliphatic carbocycles. The molecule has 0 saturated heterocycles. The largest absolute Gasteiger partial charge is 0.497 e. The summed E-state index contributed by atoms with van der Waals surface area (Å²) >= 11 is 0. The summed E-state index contributed by atoms with van der Waals surface area (Å²) in [5.74, 6) is 0.134. The summed E-state index contributed by atoms with van der Waals surface area (Å²) in [6.45, 7) is 3.82. The molecule has 0 aliphatic heterocycles. The van der Waals surface area contributed by atoms with Crippen LogP contribution in [0.2, 0.25) is 0 Å². The van der Waals surface area contributed by atoms with Gasteiger partial charge in [0.15, 0.2) is 5.76 Å². The van der Waals surface area contributed by atoms with Gasteiger partial charge in [-0.25, -0.2) is 4.79 Å². The van der Waals surface area contributed by atoms with Crippen molar-refractivity contribution < 1.29 is 18.7 Å². The minimum atomic E-state index is -0.605. The zero-order valence-electron chi connectivity index (χ0n) is 17.6. The highest BCUT2D eigenvalue weighted by Gasteiger charge is 2.22. The first-order valence-electron chi connectivity index (χ1n) is 10.0. The van der Waals surface area contributed by atoms with E-state index in [2.05, 4.69) is 0 Å². The number of carbonyl (C=O) groups is 1. The fourth-order valence-electron chi connectivity index (χ4n) is 3.42. The summed E-state index contributed by atoms with van der Waals surface area (Å²) in [6, 6.07) is 19.6. The Morgan fingerprint density at radius 2 is 1.74 bits per heavy atom. The molecule has 0 fully saturated rings. The molecule has 0 amide bonds. The van der Waals surface area contributed by atoms with E-state index in [1.165, 1.54) is 0 Å². The second-order valence-electron chi connectivity index (χ2n) is 7.21. The molecule has 5 heteroatoms. The molecule has 156 valence electrons. The molecule has 0 N–H and O–H groups in total. The van der Waals surface area contributed by atoms with Gasteiger partial charge in [-0.15, -0.1) is 0 Å². The summed E-state index contributed by atoms with van der Waals surface area (Å²) in [6.07, 6.45) is 0.772. The van der Waals surface area contributed by atoms with Gasteiger partial charge in [-0.05, 0) is 66.9 Å². The zero-order valence-corrected chi connectivity index (χ0v) is 17.6. The first kappa shape index (κ1) is 20.4. The molecular formula is C26H22O5. The van der Waals surface area contributed by atoms with Crippen LogP contribution >= 0.6 is 0 Å². The third-order valence-corrected chi connectivity index (χ3v) is 5.23. The predicted octanol–water partition coefficient (Wildman–Crippen LogP) is 5.56. The maximum atomic E-state index is 13.4. The smallest absolute Gasteiger partial charge is 0.344 e. The third-order valence-electron chi connectivity index (χ3n) is 5.23. The summed E-state index contributed by atoms with van der Waals surface area (Å²) < 4.78 is 17.0. The van der Waals surface area contributed by atoms with E-state index >= 15 is 0 Å². The van der Waals surface area contributed by atoms with Crippen molar-refractivity contribution in [3.8, 4) is 22.8 Å². The number of methoxy groups -OCH3 is 1. The Kier molecular flexibility index (Phi) is 5.58. The van der Waals surface area contributed by atoms with Crippen LogP contribution in [0.4, 0.5) is 0 Å². The Hall–Kier alpha value is -3.86. The van der Waals surface area contributed by atoms with Crippen LogP contribution in [0, 0.1) is 6.92 Å². The van der Waals surface area contributed by atoms with Gasteiger partial charge in [0.05, 0.1) is 18.1 Å². The third kappa shape index (κ3) is 3.94. The molecule has 0 spiro atoms. The molecule has 0 unspecified atom stereocenters. The highest BCUT2D eigenvalue weighted by Crippen LogP contribution is 2.33. The summed E-state index contributed by atoms with van der Waals surface area (Å²) in [4.78, 5) is 26.3. The maximum Gasteiger partial charge on any atom is 0.344 e. The van der Waals surface area contributed by atoms with Crippen molar-refractivity contribution >= 4 is 16.9 Å². The summed E-state index contributed by atoms with van der Waals surface area (Å²) in [5, 5.41) is 0.379. The highest BCUT2D eigenvalue weighted by atomic mass is 16.5.